The fourth-order valence-corrected chi connectivity index (χ4v) is 1.73. The molecule has 5 heteroatoms. The van der Waals surface area contributed by atoms with Gasteiger partial charge in [0.05, 0.1) is 17.1 Å². The molecule has 0 aliphatic heterocycles. The molecular weight excluding hydrogens is 224 g/mol. The number of halogens is 1. The summed E-state index contributed by atoms with van der Waals surface area (Å²) in [7, 11) is 0. The van der Waals surface area contributed by atoms with Crippen LogP contribution in [0, 0.1) is 0 Å². The van der Waals surface area contributed by atoms with E-state index >= 15 is 0 Å². The van der Waals surface area contributed by atoms with Gasteiger partial charge in [0.15, 0.2) is 0 Å². The van der Waals surface area contributed by atoms with E-state index in [2.05, 4.69) is 10.3 Å². The smallest absolute Gasteiger partial charge is 0.0874 e. The van der Waals surface area contributed by atoms with Gasteiger partial charge in [-0.25, -0.2) is 4.68 Å². The molecule has 0 atom stereocenters. The summed E-state index contributed by atoms with van der Waals surface area (Å²) >= 11 is 5.84. The molecule has 1 aromatic carbocycles. The molecule has 0 aliphatic rings. The highest BCUT2D eigenvalue weighted by Crippen LogP contribution is 2.16. The van der Waals surface area contributed by atoms with Gasteiger partial charge in [0.1, 0.15) is 0 Å². The lowest BCUT2D eigenvalue weighted by Crippen LogP contribution is -2.08. The zero-order valence-electron chi connectivity index (χ0n) is 9.02. The average molecular weight is 237 g/mol. The maximum atomic E-state index is 5.84. The number of nitrogens with two attached hydrogens (primary N) is 1. The van der Waals surface area contributed by atoms with Crippen LogP contribution in [0.1, 0.15) is 18.3 Å². The molecule has 1 heterocycles. The van der Waals surface area contributed by atoms with Crippen molar-refractivity contribution in [3.8, 4) is 5.69 Å². The summed E-state index contributed by atoms with van der Waals surface area (Å²) in [6, 6.07) is 7.44. The van der Waals surface area contributed by atoms with Crippen molar-refractivity contribution >= 4 is 11.6 Å². The number of aryl methyl sites for hydroxylation is 1. The first-order valence-corrected chi connectivity index (χ1v) is 5.53. The highest BCUT2D eigenvalue weighted by molar-refractivity contribution is 6.30. The molecular formula is C11H13ClN4. The van der Waals surface area contributed by atoms with Gasteiger partial charge in [0.25, 0.3) is 0 Å². The van der Waals surface area contributed by atoms with Gasteiger partial charge in [0, 0.05) is 11.6 Å². The number of rotatable bonds is 3. The molecule has 0 aliphatic carbocycles. The van der Waals surface area contributed by atoms with Gasteiger partial charge >= 0.3 is 0 Å². The third-order valence-electron chi connectivity index (χ3n) is 2.44. The Morgan fingerprint density at radius 1 is 1.31 bits per heavy atom. The van der Waals surface area contributed by atoms with E-state index in [0.717, 1.165) is 23.5 Å². The van der Waals surface area contributed by atoms with Crippen molar-refractivity contribution in [1.29, 1.82) is 0 Å². The van der Waals surface area contributed by atoms with Crippen LogP contribution in [0.5, 0.6) is 0 Å². The summed E-state index contributed by atoms with van der Waals surface area (Å²) in [6.45, 7) is 2.47. The highest BCUT2D eigenvalue weighted by atomic mass is 35.5. The first kappa shape index (κ1) is 11.1. The average Bonchev–Trinajstić information content (AvgIpc) is 2.72. The zero-order chi connectivity index (χ0) is 11.5. The molecule has 84 valence electrons. The molecule has 1 aromatic heterocycles. The summed E-state index contributed by atoms with van der Waals surface area (Å²) in [6.07, 6.45) is 0.833. The van der Waals surface area contributed by atoms with Crippen molar-refractivity contribution in [3.63, 3.8) is 0 Å². The van der Waals surface area contributed by atoms with Gasteiger partial charge in [-0.1, -0.05) is 23.7 Å². The van der Waals surface area contributed by atoms with E-state index in [-0.39, 0.29) is 0 Å². The summed E-state index contributed by atoms with van der Waals surface area (Å²) in [5.41, 5.74) is 8.53. The summed E-state index contributed by atoms with van der Waals surface area (Å²) in [4.78, 5) is 0. The van der Waals surface area contributed by atoms with Gasteiger partial charge < -0.3 is 5.73 Å². The van der Waals surface area contributed by atoms with Gasteiger partial charge in [-0.15, -0.1) is 5.10 Å². The lowest BCUT2D eigenvalue weighted by molar-refractivity contribution is 0.761. The van der Waals surface area contributed by atoms with Crippen molar-refractivity contribution in [3.05, 3.63) is 40.7 Å². The molecule has 2 rings (SSSR count). The topological polar surface area (TPSA) is 56.7 Å². The van der Waals surface area contributed by atoms with Crippen LogP contribution >= 0.6 is 11.6 Å². The molecule has 2 aromatic rings. The van der Waals surface area contributed by atoms with Crippen LogP contribution in [-0.2, 0) is 13.0 Å². The van der Waals surface area contributed by atoms with Crippen LogP contribution in [0.2, 0.25) is 5.02 Å². The highest BCUT2D eigenvalue weighted by Gasteiger charge is 2.10. The summed E-state index contributed by atoms with van der Waals surface area (Å²) in [5.74, 6) is 0. The molecule has 0 amide bonds. The Kier molecular flexibility index (Phi) is 3.22. The molecule has 16 heavy (non-hydrogen) atoms. The second kappa shape index (κ2) is 4.63. The standard InChI is InChI=1S/C11H13ClN4/c1-2-10-11(7-13)16(15-14-10)9-5-3-8(12)4-6-9/h3-6H,2,7,13H2,1H3. The largest absolute Gasteiger partial charge is 0.325 e. The molecule has 0 unspecified atom stereocenters. The number of hydrogen-bond acceptors (Lipinski definition) is 3. The molecule has 0 bridgehead atoms. The van der Waals surface area contributed by atoms with Crippen LogP contribution in [0.25, 0.3) is 5.69 Å². The Morgan fingerprint density at radius 3 is 2.56 bits per heavy atom. The zero-order valence-corrected chi connectivity index (χ0v) is 9.78. The number of benzene rings is 1. The molecule has 0 saturated heterocycles. The van der Waals surface area contributed by atoms with Gasteiger partial charge in [0.2, 0.25) is 0 Å². The Hall–Kier alpha value is -1.39. The Bertz CT molecular complexity index is 475. The van der Waals surface area contributed by atoms with E-state index in [4.69, 9.17) is 17.3 Å². The lowest BCUT2D eigenvalue weighted by Gasteiger charge is -2.05. The summed E-state index contributed by atoms with van der Waals surface area (Å²) in [5, 5.41) is 8.91. The minimum absolute atomic E-state index is 0.429. The predicted octanol–water partition coefficient (Wildman–Crippen LogP) is 1.94. The number of aromatic nitrogens is 3. The Morgan fingerprint density at radius 2 is 2.00 bits per heavy atom. The van der Waals surface area contributed by atoms with Gasteiger partial charge in [-0.2, -0.15) is 0 Å². The third kappa shape index (κ3) is 1.94. The molecule has 2 N–H and O–H groups in total. The van der Waals surface area contributed by atoms with Gasteiger partial charge in [-0.3, -0.25) is 0 Å². The van der Waals surface area contributed by atoms with E-state index in [1.54, 1.807) is 4.68 Å². The van der Waals surface area contributed by atoms with Crippen molar-refractivity contribution in [2.75, 3.05) is 0 Å². The molecule has 0 fully saturated rings. The van der Waals surface area contributed by atoms with E-state index < -0.39 is 0 Å². The number of nitrogens with zero attached hydrogens (tertiary/aromatic N) is 3. The quantitative estimate of drug-likeness (QED) is 0.886. The molecule has 0 saturated carbocycles. The van der Waals surface area contributed by atoms with Crippen molar-refractivity contribution in [2.45, 2.75) is 19.9 Å². The lowest BCUT2D eigenvalue weighted by atomic mass is 10.2. The monoisotopic (exact) mass is 236 g/mol. The van der Waals surface area contributed by atoms with Gasteiger partial charge in [-0.05, 0) is 30.7 Å². The molecule has 0 radical (unpaired) electrons. The fraction of sp³-hybridized carbons (Fsp3) is 0.273. The fourth-order valence-electron chi connectivity index (χ4n) is 1.60. The van der Waals surface area contributed by atoms with Crippen LogP contribution < -0.4 is 5.73 Å². The maximum absolute atomic E-state index is 5.84. The minimum Gasteiger partial charge on any atom is -0.325 e. The Labute approximate surface area is 99.0 Å². The van der Waals surface area contributed by atoms with Crippen molar-refractivity contribution in [1.82, 2.24) is 15.0 Å². The molecule has 4 nitrogen and oxygen atoms in total. The molecule has 0 spiro atoms. The van der Waals surface area contributed by atoms with Crippen molar-refractivity contribution < 1.29 is 0 Å². The number of hydrogen-bond donors (Lipinski definition) is 1. The first-order chi connectivity index (χ1) is 7.76. The van der Waals surface area contributed by atoms with Crippen LogP contribution in [0.15, 0.2) is 24.3 Å². The van der Waals surface area contributed by atoms with E-state index in [0.29, 0.717) is 11.6 Å². The van der Waals surface area contributed by atoms with E-state index in [9.17, 15) is 0 Å². The predicted molar refractivity (Wildman–Crippen MR) is 63.6 cm³/mol. The van der Waals surface area contributed by atoms with Crippen LogP contribution in [-0.4, -0.2) is 15.0 Å². The normalized spacial score (nSPS) is 10.7. The minimum atomic E-state index is 0.429. The van der Waals surface area contributed by atoms with Crippen LogP contribution in [0.4, 0.5) is 0 Å². The maximum Gasteiger partial charge on any atom is 0.0874 e. The SMILES string of the molecule is CCc1nnn(-c2ccc(Cl)cc2)c1CN. The first-order valence-electron chi connectivity index (χ1n) is 5.15. The second-order valence-corrected chi connectivity index (χ2v) is 3.87. The van der Waals surface area contributed by atoms with E-state index in [1.165, 1.54) is 0 Å². The van der Waals surface area contributed by atoms with Crippen LogP contribution in [0.3, 0.4) is 0 Å². The second-order valence-electron chi connectivity index (χ2n) is 3.43. The van der Waals surface area contributed by atoms with Crippen molar-refractivity contribution in [2.24, 2.45) is 5.73 Å². The van der Waals surface area contributed by atoms with E-state index in [1.807, 2.05) is 31.2 Å². The summed E-state index contributed by atoms with van der Waals surface area (Å²) < 4.78 is 1.76. The Balaban J connectivity index is 2.47. The third-order valence-corrected chi connectivity index (χ3v) is 2.70.